The van der Waals surface area contributed by atoms with Gasteiger partial charge in [0.2, 0.25) is 0 Å². The van der Waals surface area contributed by atoms with E-state index in [-0.39, 0.29) is 17.4 Å². The summed E-state index contributed by atoms with van der Waals surface area (Å²) in [6.45, 7) is 1.22. The predicted molar refractivity (Wildman–Crippen MR) is 68.4 cm³/mol. The number of nitrogens with zero attached hydrogens (tertiary/aromatic N) is 1. The molecule has 1 aliphatic heterocycles. The number of carbonyl (C=O) groups is 1. The van der Waals surface area contributed by atoms with Crippen molar-refractivity contribution in [2.45, 2.75) is 12.3 Å². The Morgan fingerprint density at radius 2 is 2.11 bits per heavy atom. The Balaban J connectivity index is 1.75. The first-order valence-electron chi connectivity index (χ1n) is 6.33. The maximum Gasteiger partial charge on any atom is 0.256 e. The van der Waals surface area contributed by atoms with Gasteiger partial charge in [-0.05, 0) is 30.7 Å². The molecular formula is C15H14FNO2. The standard InChI is InChI=1S/C15H14FNO2/c16-13-5-2-1-4-12(13)15(18)17-8-7-11(10-17)14-6-3-9-19-14/h1-6,9,11H,7-8,10H2. The second-order valence-corrected chi connectivity index (χ2v) is 4.73. The molecule has 0 saturated carbocycles. The van der Waals surface area contributed by atoms with Crippen LogP contribution in [0.4, 0.5) is 4.39 Å². The first-order valence-corrected chi connectivity index (χ1v) is 6.33. The van der Waals surface area contributed by atoms with Crippen molar-refractivity contribution >= 4 is 5.91 Å². The molecule has 98 valence electrons. The van der Waals surface area contributed by atoms with Crippen LogP contribution in [0.5, 0.6) is 0 Å². The predicted octanol–water partition coefficient (Wildman–Crippen LogP) is 3.05. The molecule has 0 bridgehead atoms. The fourth-order valence-corrected chi connectivity index (χ4v) is 2.51. The van der Waals surface area contributed by atoms with Gasteiger partial charge in [-0.1, -0.05) is 12.1 Å². The number of hydrogen-bond donors (Lipinski definition) is 0. The fourth-order valence-electron chi connectivity index (χ4n) is 2.51. The van der Waals surface area contributed by atoms with Crippen molar-refractivity contribution in [3.63, 3.8) is 0 Å². The number of likely N-dealkylation sites (tertiary alicyclic amines) is 1. The third-order valence-corrected chi connectivity index (χ3v) is 3.53. The Labute approximate surface area is 110 Å². The van der Waals surface area contributed by atoms with Crippen LogP contribution in [0.25, 0.3) is 0 Å². The molecule has 0 spiro atoms. The van der Waals surface area contributed by atoms with Crippen molar-refractivity contribution < 1.29 is 13.6 Å². The summed E-state index contributed by atoms with van der Waals surface area (Å²) in [5.74, 6) is 0.399. The quantitative estimate of drug-likeness (QED) is 0.830. The van der Waals surface area contributed by atoms with Gasteiger partial charge in [-0.15, -0.1) is 0 Å². The Morgan fingerprint density at radius 1 is 1.26 bits per heavy atom. The van der Waals surface area contributed by atoms with E-state index < -0.39 is 5.82 Å². The van der Waals surface area contributed by atoms with Crippen LogP contribution < -0.4 is 0 Å². The summed E-state index contributed by atoms with van der Waals surface area (Å²) in [7, 11) is 0. The van der Waals surface area contributed by atoms with E-state index in [4.69, 9.17) is 4.42 Å². The summed E-state index contributed by atoms with van der Waals surface area (Å²) >= 11 is 0. The normalized spacial score (nSPS) is 18.8. The number of halogens is 1. The van der Waals surface area contributed by atoms with Gasteiger partial charge in [0.1, 0.15) is 11.6 Å². The highest BCUT2D eigenvalue weighted by atomic mass is 19.1. The van der Waals surface area contributed by atoms with Gasteiger partial charge in [0.25, 0.3) is 5.91 Å². The molecule has 1 saturated heterocycles. The van der Waals surface area contributed by atoms with Crippen molar-refractivity contribution in [2.75, 3.05) is 13.1 Å². The van der Waals surface area contributed by atoms with Crippen molar-refractivity contribution in [2.24, 2.45) is 0 Å². The van der Waals surface area contributed by atoms with Gasteiger partial charge in [-0.25, -0.2) is 4.39 Å². The molecule has 19 heavy (non-hydrogen) atoms. The molecule has 1 fully saturated rings. The number of furan rings is 1. The average Bonchev–Trinajstić information content (AvgIpc) is 3.09. The van der Waals surface area contributed by atoms with Crippen LogP contribution in [0.15, 0.2) is 47.1 Å². The molecular weight excluding hydrogens is 245 g/mol. The highest BCUT2D eigenvalue weighted by Crippen LogP contribution is 2.28. The SMILES string of the molecule is O=C(c1ccccc1F)N1CCC(c2ccco2)C1. The van der Waals surface area contributed by atoms with E-state index in [1.165, 1.54) is 12.1 Å². The molecule has 0 N–H and O–H groups in total. The van der Waals surface area contributed by atoms with Crippen LogP contribution in [-0.2, 0) is 0 Å². The minimum absolute atomic E-state index is 0.141. The molecule has 0 radical (unpaired) electrons. The number of hydrogen-bond acceptors (Lipinski definition) is 2. The number of amides is 1. The summed E-state index contributed by atoms with van der Waals surface area (Å²) in [6.07, 6.45) is 2.49. The van der Waals surface area contributed by atoms with Crippen molar-refractivity contribution in [3.8, 4) is 0 Å². The summed E-state index contributed by atoms with van der Waals surface area (Å²) in [5, 5.41) is 0. The van der Waals surface area contributed by atoms with Gasteiger partial charge in [0.05, 0.1) is 11.8 Å². The van der Waals surface area contributed by atoms with E-state index >= 15 is 0 Å². The summed E-state index contributed by atoms with van der Waals surface area (Å²) in [4.78, 5) is 13.9. The molecule has 1 aromatic carbocycles. The lowest BCUT2D eigenvalue weighted by molar-refractivity contribution is 0.0785. The Kier molecular flexibility index (Phi) is 3.07. The van der Waals surface area contributed by atoms with Crippen LogP contribution >= 0.6 is 0 Å². The minimum atomic E-state index is -0.464. The zero-order chi connectivity index (χ0) is 13.2. The van der Waals surface area contributed by atoms with Crippen LogP contribution in [0.1, 0.15) is 28.5 Å². The van der Waals surface area contributed by atoms with Gasteiger partial charge < -0.3 is 9.32 Å². The largest absolute Gasteiger partial charge is 0.469 e. The highest BCUT2D eigenvalue weighted by molar-refractivity contribution is 5.94. The zero-order valence-electron chi connectivity index (χ0n) is 10.4. The molecule has 4 heteroatoms. The highest BCUT2D eigenvalue weighted by Gasteiger charge is 2.30. The van der Waals surface area contributed by atoms with E-state index in [1.54, 1.807) is 23.3 Å². The molecule has 3 nitrogen and oxygen atoms in total. The number of carbonyl (C=O) groups excluding carboxylic acids is 1. The molecule has 1 aliphatic rings. The second-order valence-electron chi connectivity index (χ2n) is 4.73. The first-order chi connectivity index (χ1) is 9.25. The maximum atomic E-state index is 13.6. The van der Waals surface area contributed by atoms with Crippen LogP contribution in [-0.4, -0.2) is 23.9 Å². The summed E-state index contributed by atoms with van der Waals surface area (Å²) in [5.41, 5.74) is 0.141. The zero-order valence-corrected chi connectivity index (χ0v) is 10.4. The smallest absolute Gasteiger partial charge is 0.256 e. The lowest BCUT2D eigenvalue weighted by Gasteiger charge is -2.16. The Hall–Kier alpha value is -2.10. The lowest BCUT2D eigenvalue weighted by Crippen LogP contribution is -2.29. The third kappa shape index (κ3) is 2.26. The molecule has 1 amide bonds. The summed E-state index contributed by atoms with van der Waals surface area (Å²) < 4.78 is 19.0. The van der Waals surface area contributed by atoms with Crippen LogP contribution in [0.3, 0.4) is 0 Å². The van der Waals surface area contributed by atoms with Gasteiger partial charge in [-0.2, -0.15) is 0 Å². The maximum absolute atomic E-state index is 13.6. The van der Waals surface area contributed by atoms with E-state index in [0.29, 0.717) is 13.1 Å². The molecule has 0 aliphatic carbocycles. The van der Waals surface area contributed by atoms with Gasteiger partial charge in [0.15, 0.2) is 0 Å². The molecule has 1 aromatic heterocycles. The average molecular weight is 259 g/mol. The van der Waals surface area contributed by atoms with E-state index in [1.807, 2.05) is 12.1 Å². The molecule has 1 unspecified atom stereocenters. The number of rotatable bonds is 2. The fraction of sp³-hybridized carbons (Fsp3) is 0.267. The van der Waals surface area contributed by atoms with Gasteiger partial charge >= 0.3 is 0 Å². The van der Waals surface area contributed by atoms with E-state index in [0.717, 1.165) is 12.2 Å². The first kappa shape index (κ1) is 12.0. The second kappa shape index (κ2) is 4.88. The monoisotopic (exact) mass is 259 g/mol. The molecule has 1 atom stereocenters. The minimum Gasteiger partial charge on any atom is -0.469 e. The van der Waals surface area contributed by atoms with E-state index in [9.17, 15) is 9.18 Å². The molecule has 3 rings (SSSR count). The van der Waals surface area contributed by atoms with Crippen molar-refractivity contribution in [1.29, 1.82) is 0 Å². The Bertz CT molecular complexity index is 580. The number of benzene rings is 1. The van der Waals surface area contributed by atoms with Crippen LogP contribution in [0.2, 0.25) is 0 Å². The summed E-state index contributed by atoms with van der Waals surface area (Å²) in [6, 6.07) is 9.86. The Morgan fingerprint density at radius 3 is 2.84 bits per heavy atom. The van der Waals surface area contributed by atoms with Crippen molar-refractivity contribution in [1.82, 2.24) is 4.90 Å². The molecule has 2 aromatic rings. The third-order valence-electron chi connectivity index (χ3n) is 3.53. The van der Waals surface area contributed by atoms with Gasteiger partial charge in [0, 0.05) is 19.0 Å². The lowest BCUT2D eigenvalue weighted by atomic mass is 10.1. The van der Waals surface area contributed by atoms with Crippen molar-refractivity contribution in [3.05, 3.63) is 59.8 Å². The van der Waals surface area contributed by atoms with Crippen LogP contribution in [0, 0.1) is 5.82 Å². The topological polar surface area (TPSA) is 33.5 Å². The van der Waals surface area contributed by atoms with Gasteiger partial charge in [-0.3, -0.25) is 4.79 Å². The van der Waals surface area contributed by atoms with E-state index in [2.05, 4.69) is 0 Å². The molecule has 2 heterocycles.